The summed E-state index contributed by atoms with van der Waals surface area (Å²) in [6.07, 6.45) is 0. The third-order valence-corrected chi connectivity index (χ3v) is 17.9. The van der Waals surface area contributed by atoms with Gasteiger partial charge >= 0.3 is 0 Å². The van der Waals surface area contributed by atoms with Crippen molar-refractivity contribution in [3.05, 3.63) is 272 Å². The molecule has 0 unspecified atom stereocenters. The van der Waals surface area contributed by atoms with Crippen molar-refractivity contribution in [2.75, 3.05) is 9.80 Å². The van der Waals surface area contributed by atoms with Crippen LogP contribution in [-0.2, 0) is 0 Å². The third kappa shape index (κ3) is 6.39. The number of fused-ring (bicyclic) bond motifs is 16. The van der Waals surface area contributed by atoms with Crippen LogP contribution >= 0.6 is 0 Å². The van der Waals surface area contributed by atoms with Gasteiger partial charge < -0.3 is 23.7 Å². The van der Waals surface area contributed by atoms with E-state index in [4.69, 9.17) is 11.3 Å². The van der Waals surface area contributed by atoms with Crippen molar-refractivity contribution < 1.29 is 4.74 Å². The van der Waals surface area contributed by atoms with Crippen molar-refractivity contribution >= 4 is 130 Å². The van der Waals surface area contributed by atoms with E-state index in [1.54, 1.807) is 0 Å². The van der Waals surface area contributed by atoms with Crippen molar-refractivity contribution in [3.63, 3.8) is 0 Å². The fraction of sp³-hybridized carbons (Fsp3) is 0. The summed E-state index contributed by atoms with van der Waals surface area (Å²) in [5.74, 6) is 1.63. The first kappa shape index (κ1) is 45.6. The highest BCUT2D eigenvalue weighted by Gasteiger charge is 2.51. The molecule has 0 fully saturated rings. The fourth-order valence-corrected chi connectivity index (χ4v) is 14.5. The van der Waals surface area contributed by atoms with Crippen LogP contribution in [0.4, 0.5) is 39.8 Å². The number of anilines is 6. The van der Waals surface area contributed by atoms with E-state index in [0.29, 0.717) is 11.3 Å². The second-order valence-corrected chi connectivity index (χ2v) is 22.2. The number of benzene rings is 12. The second kappa shape index (κ2) is 17.1. The van der Waals surface area contributed by atoms with Gasteiger partial charge in [0, 0.05) is 73.8 Å². The van der Waals surface area contributed by atoms with E-state index in [9.17, 15) is 5.26 Å². The summed E-state index contributed by atoms with van der Waals surface area (Å²) in [6.45, 7) is 7.80. The molecular formula is C74H42B2N6O. The normalized spacial score (nSPS) is 13.0. The summed E-state index contributed by atoms with van der Waals surface area (Å²) in [4.78, 5) is 8.89. The second-order valence-electron chi connectivity index (χ2n) is 22.2. The average Bonchev–Trinajstić information content (AvgIpc) is 2.26. The molecule has 0 spiro atoms. The molecule has 14 aromatic rings. The molecule has 0 atom stereocenters. The fourth-order valence-electron chi connectivity index (χ4n) is 14.5. The van der Waals surface area contributed by atoms with Crippen LogP contribution in [-0.4, -0.2) is 22.6 Å². The molecule has 2 aromatic heterocycles. The van der Waals surface area contributed by atoms with Gasteiger partial charge in [-0.2, -0.15) is 5.26 Å². The molecule has 0 radical (unpaired) electrons. The smallest absolute Gasteiger partial charge is 0.256 e. The summed E-state index contributed by atoms with van der Waals surface area (Å²) in [5.41, 5.74) is 25.9. The maximum atomic E-state index is 10.2. The lowest BCUT2D eigenvalue weighted by Gasteiger charge is -2.49. The highest BCUT2D eigenvalue weighted by molar-refractivity contribution is 7.04. The van der Waals surface area contributed by atoms with Gasteiger partial charge in [0.1, 0.15) is 11.5 Å². The zero-order valence-electron chi connectivity index (χ0n) is 44.5. The standard InChI is InChI=1S/C74H42B2N6O/c1-78-50-28-36-65-57(40-50)56-39-49(47-17-7-3-8-18-47)27-35-64(56)80(65)52-29-31-60-68(41-52)79(51-19-9-4-10-20-51)69-43-71-73-74-72(69)75(60)58-21-11-13-23-66(58)82(74)67-24-14-12-22-59(67)76(73)61-32-30-53(42-70(61)83-71)81-62-33-25-45(44-77)37-54(62)55-38-48(26-34-63(55)81)46-15-5-2-6-16-46/h2-43H. The van der Waals surface area contributed by atoms with Gasteiger partial charge in [0.15, 0.2) is 5.69 Å². The molecule has 6 heterocycles. The summed E-state index contributed by atoms with van der Waals surface area (Å²) in [7, 11) is 0. The van der Waals surface area contributed by atoms with Crippen molar-refractivity contribution in [3.8, 4) is 51.2 Å². The summed E-state index contributed by atoms with van der Waals surface area (Å²) in [5, 5.41) is 14.4. The monoisotopic (exact) mass is 1050 g/mol. The van der Waals surface area contributed by atoms with E-state index in [1.807, 2.05) is 30.3 Å². The lowest BCUT2D eigenvalue weighted by Crippen LogP contribution is -2.67. The van der Waals surface area contributed by atoms with Crippen LogP contribution in [0, 0.1) is 17.9 Å². The quantitative estimate of drug-likeness (QED) is 0.127. The summed E-state index contributed by atoms with van der Waals surface area (Å²) in [6, 6.07) is 93.8. The Morgan fingerprint density at radius 2 is 0.892 bits per heavy atom. The predicted molar refractivity (Wildman–Crippen MR) is 342 cm³/mol. The van der Waals surface area contributed by atoms with Crippen LogP contribution < -0.4 is 47.3 Å². The molecule has 9 heteroatoms. The Morgan fingerprint density at radius 1 is 0.373 bits per heavy atom. The van der Waals surface area contributed by atoms with Crippen LogP contribution in [0.25, 0.3) is 82.1 Å². The SMILES string of the molecule is [C-]#[N+]c1ccc2c(c1)c1cc(-c3ccccc3)ccc1n2-c1ccc2c(c1)N(c1ccccc1)c1cc3c4c5c1B2c1ccccc1N5c1ccccc1B4c1ccc(-n2c4ccc(C#N)cc4c4cc(-c5ccccc5)ccc42)cc1O3. The number of ether oxygens (including phenoxy) is 1. The van der Waals surface area contributed by atoms with Crippen LogP contribution in [0.15, 0.2) is 255 Å². The molecule has 0 bridgehead atoms. The van der Waals surface area contributed by atoms with E-state index in [1.165, 1.54) is 33.0 Å². The lowest BCUT2D eigenvalue weighted by atomic mass is 9.29. The average molecular weight is 1050 g/mol. The van der Waals surface area contributed by atoms with Crippen molar-refractivity contribution in [1.82, 2.24) is 9.13 Å². The van der Waals surface area contributed by atoms with Crippen LogP contribution in [0.5, 0.6) is 11.5 Å². The third-order valence-electron chi connectivity index (χ3n) is 17.9. The highest BCUT2D eigenvalue weighted by atomic mass is 16.5. The van der Waals surface area contributed by atoms with E-state index in [2.05, 4.69) is 254 Å². The minimum absolute atomic E-state index is 0.108. The number of hydrogen-bond acceptors (Lipinski definition) is 4. The molecule has 83 heavy (non-hydrogen) atoms. The minimum Gasteiger partial charge on any atom is -0.458 e. The van der Waals surface area contributed by atoms with Gasteiger partial charge in [-0.1, -0.05) is 146 Å². The van der Waals surface area contributed by atoms with E-state index in [0.717, 1.165) is 123 Å². The Bertz CT molecular complexity index is 5240. The van der Waals surface area contributed by atoms with Gasteiger partial charge in [-0.25, -0.2) is 4.85 Å². The van der Waals surface area contributed by atoms with Crippen molar-refractivity contribution in [1.29, 1.82) is 5.26 Å². The Morgan fingerprint density at radius 3 is 1.52 bits per heavy atom. The molecule has 0 saturated carbocycles. The number of para-hydroxylation sites is 3. The topological polar surface area (TPSA) is 53.7 Å². The first-order valence-electron chi connectivity index (χ1n) is 28.1. The maximum Gasteiger partial charge on any atom is 0.256 e. The van der Waals surface area contributed by atoms with E-state index < -0.39 is 0 Å². The Hall–Kier alpha value is -11.3. The minimum atomic E-state index is -0.124. The van der Waals surface area contributed by atoms with Crippen LogP contribution in [0.3, 0.4) is 0 Å². The molecule has 0 amide bonds. The highest BCUT2D eigenvalue weighted by Crippen LogP contribution is 2.49. The molecular weight excluding hydrogens is 1010 g/mol. The number of nitrogens with zero attached hydrogens (tertiary/aromatic N) is 6. The van der Waals surface area contributed by atoms with Gasteiger partial charge in [0.25, 0.3) is 13.4 Å². The summed E-state index contributed by atoms with van der Waals surface area (Å²) >= 11 is 0. The number of hydrogen-bond donors (Lipinski definition) is 0. The maximum absolute atomic E-state index is 10.2. The Kier molecular flexibility index (Phi) is 9.41. The van der Waals surface area contributed by atoms with Gasteiger partial charge in [-0.05, 0) is 157 Å². The van der Waals surface area contributed by atoms with Gasteiger partial charge in [0.2, 0.25) is 0 Å². The first-order valence-corrected chi connectivity index (χ1v) is 28.1. The lowest BCUT2D eigenvalue weighted by molar-refractivity contribution is 0.487. The van der Waals surface area contributed by atoms with Gasteiger partial charge in [-0.15, -0.1) is 0 Å². The van der Waals surface area contributed by atoms with Crippen molar-refractivity contribution in [2.24, 2.45) is 0 Å². The van der Waals surface area contributed by atoms with Crippen LogP contribution in [0.2, 0.25) is 0 Å². The number of nitriles is 1. The summed E-state index contributed by atoms with van der Waals surface area (Å²) < 4.78 is 12.3. The zero-order valence-corrected chi connectivity index (χ0v) is 44.5. The Balaban J connectivity index is 0.866. The van der Waals surface area contributed by atoms with E-state index >= 15 is 0 Å². The molecule has 4 aliphatic rings. The molecule has 380 valence electrons. The van der Waals surface area contributed by atoms with E-state index in [-0.39, 0.29) is 13.4 Å². The molecule has 18 rings (SSSR count). The molecule has 12 aromatic carbocycles. The zero-order chi connectivity index (χ0) is 54.6. The van der Waals surface area contributed by atoms with Gasteiger partial charge in [-0.3, -0.25) is 0 Å². The first-order chi connectivity index (χ1) is 41.1. The molecule has 0 aliphatic carbocycles. The molecule has 4 aliphatic heterocycles. The van der Waals surface area contributed by atoms with Gasteiger partial charge in [0.05, 0.1) is 40.3 Å². The Labute approximate surface area is 478 Å². The molecule has 7 nitrogen and oxygen atoms in total. The number of rotatable bonds is 5. The molecule has 0 saturated heterocycles. The number of aromatic nitrogens is 2. The largest absolute Gasteiger partial charge is 0.458 e. The van der Waals surface area contributed by atoms with Crippen molar-refractivity contribution in [2.45, 2.75) is 0 Å². The molecule has 0 N–H and O–H groups in total. The predicted octanol–water partition coefficient (Wildman–Crippen LogP) is 14.7. The van der Waals surface area contributed by atoms with Crippen LogP contribution in [0.1, 0.15) is 5.56 Å².